The second kappa shape index (κ2) is 5.91. The number of furan rings is 1. The zero-order valence-corrected chi connectivity index (χ0v) is 13.2. The first kappa shape index (κ1) is 14.8. The van der Waals surface area contributed by atoms with Crippen LogP contribution in [-0.4, -0.2) is 35.9 Å². The summed E-state index contributed by atoms with van der Waals surface area (Å²) in [6.07, 6.45) is 0.853. The summed E-state index contributed by atoms with van der Waals surface area (Å²) in [5.74, 6) is 3.45. The maximum Gasteiger partial charge on any atom is 0.176 e. The molecule has 2 atom stereocenters. The van der Waals surface area contributed by atoms with Gasteiger partial charge in [0.15, 0.2) is 11.3 Å². The molecule has 0 saturated carbocycles. The maximum absolute atomic E-state index is 10.4. The molecule has 2 heterocycles. The molecule has 0 aliphatic carbocycles. The van der Waals surface area contributed by atoms with E-state index in [9.17, 15) is 5.11 Å². The van der Waals surface area contributed by atoms with E-state index in [1.165, 1.54) is 0 Å². The van der Waals surface area contributed by atoms with E-state index in [1.54, 1.807) is 7.11 Å². The number of para-hydroxylation sites is 1. The third-order valence-corrected chi connectivity index (χ3v) is 5.23. The molecule has 2 N–H and O–H groups in total. The fraction of sp³-hybridized carbons (Fsp3) is 0.500. The van der Waals surface area contributed by atoms with Crippen LogP contribution in [0.25, 0.3) is 11.0 Å². The van der Waals surface area contributed by atoms with Crippen LogP contribution in [0.4, 0.5) is 0 Å². The van der Waals surface area contributed by atoms with Crippen molar-refractivity contribution < 1.29 is 14.3 Å². The summed E-state index contributed by atoms with van der Waals surface area (Å²) < 4.78 is 11.2. The van der Waals surface area contributed by atoms with E-state index in [-0.39, 0.29) is 6.04 Å². The van der Waals surface area contributed by atoms with Crippen molar-refractivity contribution in [3.8, 4) is 5.75 Å². The van der Waals surface area contributed by atoms with Gasteiger partial charge in [-0.3, -0.25) is 0 Å². The van der Waals surface area contributed by atoms with Gasteiger partial charge >= 0.3 is 0 Å². The summed E-state index contributed by atoms with van der Waals surface area (Å²) in [7, 11) is 1.64. The first-order valence-corrected chi connectivity index (χ1v) is 8.37. The van der Waals surface area contributed by atoms with Gasteiger partial charge in [0.2, 0.25) is 0 Å². The first-order valence-electron chi connectivity index (χ1n) is 7.21. The van der Waals surface area contributed by atoms with E-state index in [0.29, 0.717) is 6.54 Å². The van der Waals surface area contributed by atoms with E-state index in [1.807, 2.05) is 36.0 Å². The number of ether oxygens (including phenoxy) is 1. The molecule has 0 spiro atoms. The molecule has 21 heavy (non-hydrogen) atoms. The molecular formula is C16H21NO3S. The third-order valence-electron chi connectivity index (χ3n) is 3.99. The van der Waals surface area contributed by atoms with Crippen molar-refractivity contribution in [2.24, 2.45) is 0 Å². The molecule has 0 radical (unpaired) electrons. The Bertz CT molecular complexity index is 619. The summed E-state index contributed by atoms with van der Waals surface area (Å²) >= 11 is 1.81. The molecular weight excluding hydrogens is 286 g/mol. The number of aliphatic hydroxyl groups is 1. The summed E-state index contributed by atoms with van der Waals surface area (Å²) in [5.41, 5.74) is 0.196. The second-order valence-electron chi connectivity index (χ2n) is 5.66. The number of benzene rings is 1. The molecule has 114 valence electrons. The van der Waals surface area contributed by atoms with Gasteiger partial charge in [-0.25, -0.2) is 0 Å². The van der Waals surface area contributed by atoms with Gasteiger partial charge in [0, 0.05) is 17.7 Å². The van der Waals surface area contributed by atoms with Crippen molar-refractivity contribution in [3.05, 3.63) is 30.0 Å². The van der Waals surface area contributed by atoms with Crippen LogP contribution in [0.3, 0.4) is 0 Å². The molecule has 0 bridgehead atoms. The zero-order chi connectivity index (χ0) is 14.9. The minimum absolute atomic E-state index is 0.0525. The number of methoxy groups -OCH3 is 1. The van der Waals surface area contributed by atoms with Gasteiger partial charge in [0.1, 0.15) is 5.76 Å². The number of nitrogens with one attached hydrogen (secondary N) is 1. The fourth-order valence-corrected chi connectivity index (χ4v) is 3.90. The van der Waals surface area contributed by atoms with Crippen molar-refractivity contribution in [1.29, 1.82) is 0 Å². The van der Waals surface area contributed by atoms with Crippen LogP contribution in [0.5, 0.6) is 5.75 Å². The van der Waals surface area contributed by atoms with Gasteiger partial charge in [-0.15, -0.1) is 0 Å². The van der Waals surface area contributed by atoms with E-state index < -0.39 is 5.60 Å². The molecule has 5 heteroatoms. The molecule has 1 aliphatic rings. The Kier molecular flexibility index (Phi) is 4.15. The molecule has 1 saturated heterocycles. The Morgan fingerprint density at radius 1 is 1.52 bits per heavy atom. The molecule has 0 amide bonds. The first-order chi connectivity index (χ1) is 10.1. The summed E-state index contributed by atoms with van der Waals surface area (Å²) in [4.78, 5) is 0. The highest BCUT2D eigenvalue weighted by Gasteiger charge is 2.32. The normalized spacial score (nSPS) is 23.6. The highest BCUT2D eigenvalue weighted by molar-refractivity contribution is 7.99. The van der Waals surface area contributed by atoms with Crippen molar-refractivity contribution >= 4 is 22.7 Å². The van der Waals surface area contributed by atoms with Gasteiger partial charge in [0.25, 0.3) is 0 Å². The zero-order valence-electron chi connectivity index (χ0n) is 12.4. The predicted octanol–water partition coefficient (Wildman–Crippen LogP) is 2.96. The van der Waals surface area contributed by atoms with Gasteiger partial charge in [-0.2, -0.15) is 11.8 Å². The molecule has 3 rings (SSSR count). The van der Waals surface area contributed by atoms with Crippen LogP contribution in [0, 0.1) is 0 Å². The molecule has 1 fully saturated rings. The monoisotopic (exact) mass is 307 g/mol. The Balaban J connectivity index is 1.74. The Morgan fingerprint density at radius 3 is 3.10 bits per heavy atom. The minimum Gasteiger partial charge on any atom is -0.493 e. The Labute approximate surface area is 128 Å². The Hall–Kier alpha value is -1.17. The van der Waals surface area contributed by atoms with Crippen LogP contribution in [0.1, 0.15) is 25.1 Å². The lowest BCUT2D eigenvalue weighted by molar-refractivity contribution is 0.0644. The van der Waals surface area contributed by atoms with E-state index in [2.05, 4.69) is 12.2 Å². The van der Waals surface area contributed by atoms with E-state index >= 15 is 0 Å². The van der Waals surface area contributed by atoms with Crippen molar-refractivity contribution in [3.63, 3.8) is 0 Å². The summed E-state index contributed by atoms with van der Waals surface area (Å²) in [5, 5.41) is 14.8. The highest BCUT2D eigenvalue weighted by atomic mass is 32.2. The quantitative estimate of drug-likeness (QED) is 0.889. The topological polar surface area (TPSA) is 54.6 Å². The number of hydrogen-bond acceptors (Lipinski definition) is 5. The lowest BCUT2D eigenvalue weighted by Crippen LogP contribution is -2.41. The van der Waals surface area contributed by atoms with Crippen LogP contribution in [0.15, 0.2) is 28.7 Å². The van der Waals surface area contributed by atoms with Gasteiger partial charge in [-0.05, 0) is 31.2 Å². The summed E-state index contributed by atoms with van der Waals surface area (Å²) in [6.45, 7) is 2.64. The summed E-state index contributed by atoms with van der Waals surface area (Å²) in [6, 6.07) is 7.95. The number of hydrogen-bond donors (Lipinski definition) is 2. The molecule has 2 aromatic rings. The lowest BCUT2D eigenvalue weighted by atomic mass is 10.0. The smallest absolute Gasteiger partial charge is 0.176 e. The minimum atomic E-state index is -0.581. The van der Waals surface area contributed by atoms with Crippen LogP contribution in [0.2, 0.25) is 0 Å². The van der Waals surface area contributed by atoms with Crippen molar-refractivity contribution in [1.82, 2.24) is 5.32 Å². The lowest BCUT2D eigenvalue weighted by Gasteiger charge is -2.23. The van der Waals surface area contributed by atoms with Crippen LogP contribution in [-0.2, 0) is 0 Å². The van der Waals surface area contributed by atoms with E-state index in [4.69, 9.17) is 9.15 Å². The van der Waals surface area contributed by atoms with Crippen molar-refractivity contribution in [2.45, 2.75) is 25.0 Å². The number of thioether (sulfide) groups is 1. The average Bonchev–Trinajstić information content (AvgIpc) is 3.11. The molecule has 1 aromatic carbocycles. The van der Waals surface area contributed by atoms with Crippen LogP contribution >= 0.6 is 11.8 Å². The molecule has 1 aromatic heterocycles. The largest absolute Gasteiger partial charge is 0.493 e. The van der Waals surface area contributed by atoms with Gasteiger partial charge in [-0.1, -0.05) is 12.1 Å². The SMILES string of the molecule is COc1cccc2cc([C@@H](C)NC[C@@]3(O)CCSC3)oc12. The van der Waals surface area contributed by atoms with Crippen molar-refractivity contribution in [2.75, 3.05) is 25.2 Å². The number of rotatable bonds is 5. The molecule has 4 nitrogen and oxygen atoms in total. The molecule has 1 aliphatic heterocycles. The fourth-order valence-electron chi connectivity index (χ4n) is 2.61. The second-order valence-corrected chi connectivity index (χ2v) is 6.76. The van der Waals surface area contributed by atoms with E-state index in [0.717, 1.165) is 40.4 Å². The van der Waals surface area contributed by atoms with Gasteiger partial charge in [0.05, 0.1) is 18.8 Å². The standard InChI is InChI=1S/C16H21NO3S/c1-11(17-9-16(18)6-7-21-10-16)14-8-12-4-3-5-13(19-2)15(12)20-14/h3-5,8,11,17-18H,6-7,9-10H2,1-2H3/t11-,16+/m1/s1. The molecule has 0 unspecified atom stereocenters. The third kappa shape index (κ3) is 3.05. The Morgan fingerprint density at radius 2 is 2.38 bits per heavy atom. The van der Waals surface area contributed by atoms with Crippen LogP contribution < -0.4 is 10.1 Å². The average molecular weight is 307 g/mol. The van der Waals surface area contributed by atoms with Gasteiger partial charge < -0.3 is 19.6 Å². The predicted molar refractivity (Wildman–Crippen MR) is 86.1 cm³/mol. The maximum atomic E-state index is 10.4. The highest BCUT2D eigenvalue weighted by Crippen LogP contribution is 2.32. The number of fused-ring (bicyclic) bond motifs is 1.